The van der Waals surface area contributed by atoms with Crippen molar-refractivity contribution in [2.24, 2.45) is 0 Å². The average molecular weight is 306 g/mol. The second kappa shape index (κ2) is 5.12. The van der Waals surface area contributed by atoms with Crippen molar-refractivity contribution in [2.45, 2.75) is 18.8 Å². The molecule has 102 valence electrons. The molecule has 0 aliphatic heterocycles. The van der Waals surface area contributed by atoms with Crippen LogP contribution in [0.1, 0.15) is 40.2 Å². The summed E-state index contributed by atoms with van der Waals surface area (Å²) in [6, 6.07) is 11.2. The lowest BCUT2D eigenvalue weighted by atomic mass is 9.78. The molecule has 0 bridgehead atoms. The number of nitrogens with two attached hydrogens (primary N) is 1. The summed E-state index contributed by atoms with van der Waals surface area (Å²) >= 11 is 12.1. The van der Waals surface area contributed by atoms with Gasteiger partial charge >= 0.3 is 0 Å². The zero-order valence-electron chi connectivity index (χ0n) is 10.7. The number of rotatable bonds is 1. The van der Waals surface area contributed by atoms with Crippen molar-refractivity contribution in [1.82, 2.24) is 0 Å². The Kier molecular flexibility index (Phi) is 3.45. The lowest BCUT2D eigenvalue weighted by molar-refractivity contribution is 0.0969. The lowest BCUT2D eigenvalue weighted by Gasteiger charge is -2.25. The Labute approximate surface area is 127 Å². The van der Waals surface area contributed by atoms with Gasteiger partial charge in [0.25, 0.3) is 0 Å². The van der Waals surface area contributed by atoms with Gasteiger partial charge in [-0.25, -0.2) is 0 Å². The standard InChI is InChI=1S/C16H13Cl2NO/c17-14-5-1-9(7-15(14)18)11-4-6-16(20)13-8-10(19)2-3-12(11)13/h1-3,5,7-8,11H,4,6,19H2. The predicted octanol–water partition coefficient (Wildman–Crippen LogP) is 4.68. The average Bonchev–Trinajstić information content (AvgIpc) is 2.43. The van der Waals surface area contributed by atoms with E-state index in [2.05, 4.69) is 0 Å². The smallest absolute Gasteiger partial charge is 0.163 e. The Hall–Kier alpha value is -1.51. The molecule has 2 N–H and O–H groups in total. The summed E-state index contributed by atoms with van der Waals surface area (Å²) < 4.78 is 0. The number of hydrogen-bond donors (Lipinski definition) is 1. The largest absolute Gasteiger partial charge is 0.399 e. The molecule has 0 heterocycles. The van der Waals surface area contributed by atoms with Crippen LogP contribution in [0.15, 0.2) is 36.4 Å². The highest BCUT2D eigenvalue weighted by molar-refractivity contribution is 6.42. The summed E-state index contributed by atoms with van der Waals surface area (Å²) in [6.07, 6.45) is 1.31. The van der Waals surface area contributed by atoms with Gasteiger partial charge in [0.15, 0.2) is 5.78 Å². The van der Waals surface area contributed by atoms with E-state index in [9.17, 15) is 4.79 Å². The molecule has 2 aromatic carbocycles. The van der Waals surface area contributed by atoms with E-state index in [0.29, 0.717) is 22.2 Å². The van der Waals surface area contributed by atoms with E-state index in [1.54, 1.807) is 12.1 Å². The first-order valence-electron chi connectivity index (χ1n) is 6.44. The number of ketones is 1. The molecule has 0 spiro atoms. The van der Waals surface area contributed by atoms with Gasteiger partial charge in [-0.2, -0.15) is 0 Å². The van der Waals surface area contributed by atoms with E-state index in [4.69, 9.17) is 28.9 Å². The van der Waals surface area contributed by atoms with Crippen LogP contribution in [-0.2, 0) is 0 Å². The fraction of sp³-hybridized carbons (Fsp3) is 0.188. The maximum absolute atomic E-state index is 12.0. The molecule has 4 heteroatoms. The van der Waals surface area contributed by atoms with E-state index < -0.39 is 0 Å². The number of Topliss-reactive ketones (excluding diaryl/α,β-unsaturated/α-hetero) is 1. The minimum absolute atomic E-state index is 0.156. The molecule has 2 aromatic rings. The summed E-state index contributed by atoms with van der Waals surface area (Å²) in [5.41, 5.74) is 9.23. The fourth-order valence-corrected chi connectivity index (χ4v) is 3.07. The van der Waals surface area contributed by atoms with Crippen LogP contribution < -0.4 is 5.73 Å². The first-order valence-corrected chi connectivity index (χ1v) is 7.19. The number of benzene rings is 2. The zero-order valence-corrected chi connectivity index (χ0v) is 12.2. The first-order chi connectivity index (χ1) is 9.56. The van der Waals surface area contributed by atoms with E-state index in [1.165, 1.54) is 0 Å². The highest BCUT2D eigenvalue weighted by Gasteiger charge is 2.27. The molecule has 0 fully saturated rings. The van der Waals surface area contributed by atoms with Gasteiger partial charge in [0.05, 0.1) is 10.0 Å². The minimum atomic E-state index is 0.156. The normalized spacial score (nSPS) is 17.9. The Morgan fingerprint density at radius 3 is 2.60 bits per heavy atom. The highest BCUT2D eigenvalue weighted by Crippen LogP contribution is 2.39. The van der Waals surface area contributed by atoms with E-state index >= 15 is 0 Å². The minimum Gasteiger partial charge on any atom is -0.399 e. The van der Waals surface area contributed by atoms with Crippen molar-refractivity contribution >= 4 is 34.7 Å². The third-order valence-corrected chi connectivity index (χ3v) is 4.50. The van der Waals surface area contributed by atoms with Gasteiger partial charge in [-0.15, -0.1) is 0 Å². The molecule has 20 heavy (non-hydrogen) atoms. The lowest BCUT2D eigenvalue weighted by Crippen LogP contribution is -2.17. The summed E-state index contributed by atoms with van der Waals surface area (Å²) in [7, 11) is 0. The molecule has 1 aliphatic rings. The molecular weight excluding hydrogens is 293 g/mol. The van der Waals surface area contributed by atoms with Crippen molar-refractivity contribution in [3.63, 3.8) is 0 Å². The Morgan fingerprint density at radius 1 is 1.05 bits per heavy atom. The molecule has 2 nitrogen and oxygen atoms in total. The van der Waals surface area contributed by atoms with Crippen LogP contribution in [0, 0.1) is 0 Å². The number of carbonyl (C=O) groups excluding carboxylic acids is 1. The van der Waals surface area contributed by atoms with Crippen LogP contribution in [0.2, 0.25) is 10.0 Å². The van der Waals surface area contributed by atoms with Crippen LogP contribution >= 0.6 is 23.2 Å². The summed E-state index contributed by atoms with van der Waals surface area (Å²) in [6.45, 7) is 0. The maximum Gasteiger partial charge on any atom is 0.163 e. The zero-order chi connectivity index (χ0) is 14.3. The third-order valence-electron chi connectivity index (χ3n) is 3.76. The quantitative estimate of drug-likeness (QED) is 0.777. The second-order valence-corrected chi connectivity index (χ2v) is 5.85. The topological polar surface area (TPSA) is 43.1 Å². The number of fused-ring (bicyclic) bond motifs is 1. The number of nitrogen functional groups attached to an aromatic ring is 1. The predicted molar refractivity (Wildman–Crippen MR) is 82.7 cm³/mol. The van der Waals surface area contributed by atoms with Crippen LogP contribution in [0.4, 0.5) is 5.69 Å². The van der Waals surface area contributed by atoms with E-state index in [0.717, 1.165) is 23.1 Å². The van der Waals surface area contributed by atoms with Gasteiger partial charge in [-0.05, 0) is 41.8 Å². The molecular formula is C16H13Cl2NO. The summed E-state index contributed by atoms with van der Waals surface area (Å²) in [5.74, 6) is 0.321. The second-order valence-electron chi connectivity index (χ2n) is 5.03. The molecule has 0 aromatic heterocycles. The van der Waals surface area contributed by atoms with Gasteiger partial charge < -0.3 is 5.73 Å². The van der Waals surface area contributed by atoms with Crippen molar-refractivity contribution in [3.05, 3.63) is 63.1 Å². The highest BCUT2D eigenvalue weighted by atomic mass is 35.5. The van der Waals surface area contributed by atoms with Crippen LogP contribution in [0.3, 0.4) is 0 Å². The molecule has 0 saturated carbocycles. The molecule has 0 amide bonds. The number of anilines is 1. The SMILES string of the molecule is Nc1ccc2c(c1)C(=O)CCC2c1ccc(Cl)c(Cl)c1. The van der Waals surface area contributed by atoms with Crippen LogP contribution in [0.25, 0.3) is 0 Å². The van der Waals surface area contributed by atoms with Crippen molar-refractivity contribution in [1.29, 1.82) is 0 Å². The van der Waals surface area contributed by atoms with Crippen LogP contribution in [0.5, 0.6) is 0 Å². The molecule has 0 radical (unpaired) electrons. The Balaban J connectivity index is 2.10. The number of hydrogen-bond acceptors (Lipinski definition) is 2. The van der Waals surface area contributed by atoms with Crippen molar-refractivity contribution in [3.8, 4) is 0 Å². The molecule has 1 atom stereocenters. The van der Waals surface area contributed by atoms with Gasteiger partial charge in [0, 0.05) is 23.6 Å². The van der Waals surface area contributed by atoms with E-state index in [-0.39, 0.29) is 11.7 Å². The number of carbonyl (C=O) groups is 1. The monoisotopic (exact) mass is 305 g/mol. The van der Waals surface area contributed by atoms with Crippen molar-refractivity contribution < 1.29 is 4.79 Å². The molecule has 1 aliphatic carbocycles. The Morgan fingerprint density at radius 2 is 1.85 bits per heavy atom. The van der Waals surface area contributed by atoms with Gasteiger partial charge in [0.1, 0.15) is 0 Å². The van der Waals surface area contributed by atoms with E-state index in [1.807, 2.05) is 24.3 Å². The summed E-state index contributed by atoms with van der Waals surface area (Å²) in [5, 5.41) is 1.08. The maximum atomic E-state index is 12.0. The summed E-state index contributed by atoms with van der Waals surface area (Å²) in [4.78, 5) is 12.0. The first kappa shape index (κ1) is 13.5. The Bertz CT molecular complexity index is 697. The molecule has 1 unspecified atom stereocenters. The third kappa shape index (κ3) is 2.30. The fourth-order valence-electron chi connectivity index (χ4n) is 2.76. The number of halogens is 2. The molecule has 3 rings (SSSR count). The molecule has 0 saturated heterocycles. The van der Waals surface area contributed by atoms with Gasteiger partial charge in [-0.1, -0.05) is 35.3 Å². The van der Waals surface area contributed by atoms with Crippen LogP contribution in [-0.4, -0.2) is 5.78 Å². The van der Waals surface area contributed by atoms with Gasteiger partial charge in [-0.3, -0.25) is 4.79 Å². The van der Waals surface area contributed by atoms with Crippen molar-refractivity contribution in [2.75, 3.05) is 5.73 Å². The van der Waals surface area contributed by atoms with Gasteiger partial charge in [0.2, 0.25) is 0 Å².